The monoisotopic (exact) mass is 267 g/mol. The zero-order chi connectivity index (χ0) is 14.2. The number of nitrogens with one attached hydrogen (secondary N) is 1. The van der Waals surface area contributed by atoms with Crippen molar-refractivity contribution in [2.75, 3.05) is 18.5 Å². The van der Waals surface area contributed by atoms with Gasteiger partial charge in [0.1, 0.15) is 12.4 Å². The van der Waals surface area contributed by atoms with Gasteiger partial charge in [-0.05, 0) is 32.0 Å². The van der Waals surface area contributed by atoms with E-state index >= 15 is 0 Å². The highest BCUT2D eigenvalue weighted by molar-refractivity contribution is 5.56. The van der Waals surface area contributed by atoms with Gasteiger partial charge in [-0.3, -0.25) is 0 Å². The minimum atomic E-state index is 0.641. The van der Waals surface area contributed by atoms with Crippen LogP contribution in [-0.2, 0) is 0 Å². The molecular weight excluding hydrogens is 246 g/mol. The fourth-order valence-corrected chi connectivity index (χ4v) is 1.96. The van der Waals surface area contributed by atoms with Crippen LogP contribution < -0.4 is 10.1 Å². The third-order valence-electron chi connectivity index (χ3n) is 3.01. The molecule has 0 saturated carbocycles. The standard InChI is InChI=1S/C18H21NO/c1-3-6-16-7-4-5-8-18(16)20-14-13-19-17-11-9-15(2)10-12-17/h3-12,19H,13-14H2,1-2H3. The van der Waals surface area contributed by atoms with E-state index in [4.69, 9.17) is 4.74 Å². The quantitative estimate of drug-likeness (QED) is 0.777. The molecule has 0 fully saturated rings. The molecule has 0 aliphatic carbocycles. The third kappa shape index (κ3) is 4.16. The number of hydrogen-bond acceptors (Lipinski definition) is 2. The summed E-state index contributed by atoms with van der Waals surface area (Å²) in [6.07, 6.45) is 4.08. The van der Waals surface area contributed by atoms with E-state index in [1.54, 1.807) is 0 Å². The molecule has 2 rings (SSSR count). The van der Waals surface area contributed by atoms with E-state index in [1.165, 1.54) is 5.56 Å². The van der Waals surface area contributed by atoms with Gasteiger partial charge in [-0.25, -0.2) is 0 Å². The average molecular weight is 267 g/mol. The van der Waals surface area contributed by atoms with Crippen molar-refractivity contribution in [3.63, 3.8) is 0 Å². The zero-order valence-corrected chi connectivity index (χ0v) is 12.1. The van der Waals surface area contributed by atoms with Gasteiger partial charge in [0.15, 0.2) is 0 Å². The first-order valence-electron chi connectivity index (χ1n) is 6.94. The van der Waals surface area contributed by atoms with Crippen molar-refractivity contribution in [3.05, 3.63) is 65.7 Å². The Morgan fingerprint density at radius 3 is 2.55 bits per heavy atom. The van der Waals surface area contributed by atoms with Gasteiger partial charge in [0.25, 0.3) is 0 Å². The van der Waals surface area contributed by atoms with Crippen LogP contribution in [-0.4, -0.2) is 13.2 Å². The first-order chi connectivity index (χ1) is 9.79. The molecule has 2 aromatic carbocycles. The Morgan fingerprint density at radius 2 is 1.80 bits per heavy atom. The van der Waals surface area contributed by atoms with Gasteiger partial charge in [-0.15, -0.1) is 0 Å². The fourth-order valence-electron chi connectivity index (χ4n) is 1.96. The summed E-state index contributed by atoms with van der Waals surface area (Å²) in [5.41, 5.74) is 3.51. The molecule has 1 N–H and O–H groups in total. The van der Waals surface area contributed by atoms with Gasteiger partial charge in [0, 0.05) is 17.8 Å². The van der Waals surface area contributed by atoms with E-state index in [9.17, 15) is 0 Å². The van der Waals surface area contributed by atoms with Crippen LogP contribution in [0.15, 0.2) is 54.6 Å². The molecule has 20 heavy (non-hydrogen) atoms. The van der Waals surface area contributed by atoms with Gasteiger partial charge < -0.3 is 10.1 Å². The molecule has 0 amide bonds. The maximum atomic E-state index is 5.82. The second-order valence-electron chi connectivity index (χ2n) is 4.68. The minimum absolute atomic E-state index is 0.641. The van der Waals surface area contributed by atoms with Crippen molar-refractivity contribution < 1.29 is 4.74 Å². The fraction of sp³-hybridized carbons (Fsp3) is 0.222. The summed E-state index contributed by atoms with van der Waals surface area (Å²) >= 11 is 0. The Bertz CT molecular complexity index is 558. The Labute approximate surface area is 121 Å². The van der Waals surface area contributed by atoms with Crippen LogP contribution in [0.5, 0.6) is 5.75 Å². The second kappa shape index (κ2) is 7.39. The summed E-state index contributed by atoms with van der Waals surface area (Å²) in [5.74, 6) is 0.927. The van der Waals surface area contributed by atoms with Crippen molar-refractivity contribution in [2.24, 2.45) is 0 Å². The first kappa shape index (κ1) is 14.2. The minimum Gasteiger partial charge on any atom is -0.491 e. The molecule has 2 heteroatoms. The number of benzene rings is 2. The summed E-state index contributed by atoms with van der Waals surface area (Å²) in [4.78, 5) is 0. The number of anilines is 1. The molecule has 0 bridgehead atoms. The van der Waals surface area contributed by atoms with Crippen LogP contribution in [0.25, 0.3) is 6.08 Å². The smallest absolute Gasteiger partial charge is 0.126 e. The molecule has 0 aliphatic rings. The van der Waals surface area contributed by atoms with Gasteiger partial charge in [0.2, 0.25) is 0 Å². The molecule has 104 valence electrons. The number of para-hydroxylation sites is 1. The van der Waals surface area contributed by atoms with Gasteiger partial charge >= 0.3 is 0 Å². The molecule has 0 spiro atoms. The Balaban J connectivity index is 1.83. The van der Waals surface area contributed by atoms with Crippen molar-refractivity contribution in [3.8, 4) is 5.75 Å². The Hall–Kier alpha value is -2.22. The summed E-state index contributed by atoms with van der Waals surface area (Å²) in [6.45, 7) is 5.52. The molecule has 0 atom stereocenters. The van der Waals surface area contributed by atoms with E-state index in [0.29, 0.717) is 6.61 Å². The zero-order valence-electron chi connectivity index (χ0n) is 12.1. The topological polar surface area (TPSA) is 21.3 Å². The van der Waals surface area contributed by atoms with Crippen LogP contribution in [0, 0.1) is 6.92 Å². The molecule has 0 heterocycles. The number of hydrogen-bond donors (Lipinski definition) is 1. The maximum absolute atomic E-state index is 5.82. The lowest BCUT2D eigenvalue weighted by Gasteiger charge is -2.10. The molecular formula is C18H21NO. The lowest BCUT2D eigenvalue weighted by Crippen LogP contribution is -2.11. The molecule has 0 radical (unpaired) electrons. The molecule has 2 nitrogen and oxygen atoms in total. The summed E-state index contributed by atoms with van der Waals surface area (Å²) in [6, 6.07) is 16.5. The Morgan fingerprint density at radius 1 is 1.05 bits per heavy atom. The van der Waals surface area contributed by atoms with Crippen LogP contribution in [0.3, 0.4) is 0 Å². The van der Waals surface area contributed by atoms with Crippen molar-refractivity contribution >= 4 is 11.8 Å². The highest BCUT2D eigenvalue weighted by Gasteiger charge is 1.99. The highest BCUT2D eigenvalue weighted by atomic mass is 16.5. The van der Waals surface area contributed by atoms with Crippen LogP contribution in [0.4, 0.5) is 5.69 Å². The van der Waals surface area contributed by atoms with E-state index in [1.807, 2.05) is 31.2 Å². The highest BCUT2D eigenvalue weighted by Crippen LogP contribution is 2.19. The summed E-state index contributed by atoms with van der Waals surface area (Å²) < 4.78 is 5.82. The van der Waals surface area contributed by atoms with Crippen molar-refractivity contribution in [2.45, 2.75) is 13.8 Å². The molecule has 2 aromatic rings. The predicted octanol–water partition coefficient (Wildman–Crippen LogP) is 4.52. The number of allylic oxidation sites excluding steroid dienone is 1. The van der Waals surface area contributed by atoms with E-state index in [2.05, 4.69) is 48.6 Å². The maximum Gasteiger partial charge on any atom is 0.126 e. The SMILES string of the molecule is CC=Cc1ccccc1OCCNc1ccc(C)cc1. The van der Waals surface area contributed by atoms with Crippen molar-refractivity contribution in [1.29, 1.82) is 0 Å². The van der Waals surface area contributed by atoms with Gasteiger partial charge in [0.05, 0.1) is 0 Å². The number of ether oxygens (including phenoxy) is 1. The van der Waals surface area contributed by atoms with E-state index in [-0.39, 0.29) is 0 Å². The van der Waals surface area contributed by atoms with Crippen molar-refractivity contribution in [1.82, 2.24) is 0 Å². The first-order valence-corrected chi connectivity index (χ1v) is 6.94. The van der Waals surface area contributed by atoms with Crippen LogP contribution in [0.2, 0.25) is 0 Å². The lowest BCUT2D eigenvalue weighted by atomic mass is 10.2. The average Bonchev–Trinajstić information content (AvgIpc) is 2.47. The molecule has 0 aliphatic heterocycles. The second-order valence-corrected chi connectivity index (χ2v) is 4.68. The summed E-state index contributed by atoms with van der Waals surface area (Å²) in [5, 5.41) is 3.35. The lowest BCUT2D eigenvalue weighted by molar-refractivity contribution is 0.332. The normalized spacial score (nSPS) is 10.7. The number of aryl methyl sites for hydroxylation is 1. The van der Waals surface area contributed by atoms with Crippen LogP contribution >= 0.6 is 0 Å². The van der Waals surface area contributed by atoms with E-state index in [0.717, 1.165) is 23.5 Å². The number of rotatable bonds is 6. The van der Waals surface area contributed by atoms with Gasteiger partial charge in [-0.1, -0.05) is 48.0 Å². The third-order valence-corrected chi connectivity index (χ3v) is 3.01. The van der Waals surface area contributed by atoms with E-state index < -0.39 is 0 Å². The Kier molecular flexibility index (Phi) is 5.24. The molecule has 0 aromatic heterocycles. The van der Waals surface area contributed by atoms with Crippen LogP contribution in [0.1, 0.15) is 18.1 Å². The van der Waals surface area contributed by atoms with Gasteiger partial charge in [-0.2, -0.15) is 0 Å². The molecule has 0 saturated heterocycles. The predicted molar refractivity (Wildman–Crippen MR) is 86.3 cm³/mol. The molecule has 0 unspecified atom stereocenters. The largest absolute Gasteiger partial charge is 0.491 e. The summed E-state index contributed by atoms with van der Waals surface area (Å²) in [7, 11) is 0.